The molecule has 0 fully saturated rings. The number of rotatable bonds is 2. The molecule has 0 spiro atoms. The smallest absolute Gasteiger partial charge is 0.337 e. The molecule has 0 amide bonds. The molecular formula is C8H7N5O2. The van der Waals surface area contributed by atoms with Crippen molar-refractivity contribution in [2.75, 3.05) is 5.73 Å². The molecule has 2 aromatic heterocycles. The number of carbonyl (C=O) groups is 1. The van der Waals surface area contributed by atoms with Crippen molar-refractivity contribution >= 4 is 23.0 Å². The Kier molecular flexibility index (Phi) is 2.05. The van der Waals surface area contributed by atoms with Crippen LogP contribution in [0.15, 0.2) is 19.0 Å². The molecule has 0 unspecified atom stereocenters. The van der Waals surface area contributed by atoms with E-state index in [2.05, 4.69) is 26.5 Å². The summed E-state index contributed by atoms with van der Waals surface area (Å²) in [6, 6.07) is -0.142. The zero-order chi connectivity index (χ0) is 10.8. The molecule has 0 atom stereocenters. The number of hydrogen-bond donors (Lipinski definition) is 2. The number of nitrogens with zero attached hydrogens (tertiary/aromatic N) is 3. The van der Waals surface area contributed by atoms with Crippen molar-refractivity contribution < 1.29 is 9.53 Å². The lowest BCUT2D eigenvalue weighted by Crippen LogP contribution is -2.07. The van der Waals surface area contributed by atoms with Crippen LogP contribution in [0.1, 0.15) is 0 Å². The van der Waals surface area contributed by atoms with Gasteiger partial charge in [0, 0.05) is 6.08 Å². The third-order valence-electron chi connectivity index (χ3n) is 1.65. The lowest BCUT2D eigenvalue weighted by Gasteiger charge is -1.99. The molecule has 0 radical (unpaired) electrons. The number of nitrogens with two attached hydrogens (primary N) is 1. The Morgan fingerprint density at radius 2 is 2.40 bits per heavy atom. The molecule has 0 aliphatic carbocycles. The standard InChI is InChI=1S/C8H7N5O2/c1-2-4(14)15-8-12-6(9)5-7(13-8)11-3-10-5/h2-3H,1H2,(H3,9,10,11,12,13). The third kappa shape index (κ3) is 1.62. The van der Waals surface area contributed by atoms with Crippen LogP contribution < -0.4 is 10.5 Å². The largest absolute Gasteiger partial charge is 0.387 e. The average Bonchev–Trinajstić information content (AvgIpc) is 2.66. The number of ether oxygens (including phenoxy) is 1. The van der Waals surface area contributed by atoms with Crippen LogP contribution in [-0.4, -0.2) is 25.9 Å². The second-order valence-electron chi connectivity index (χ2n) is 2.62. The Balaban J connectivity index is 2.44. The molecule has 7 nitrogen and oxygen atoms in total. The molecule has 0 saturated carbocycles. The van der Waals surface area contributed by atoms with Gasteiger partial charge in [-0.3, -0.25) is 0 Å². The van der Waals surface area contributed by atoms with Crippen LogP contribution in [0.4, 0.5) is 5.82 Å². The van der Waals surface area contributed by atoms with Gasteiger partial charge in [-0.1, -0.05) is 6.58 Å². The van der Waals surface area contributed by atoms with E-state index in [1.54, 1.807) is 0 Å². The molecule has 2 aromatic rings. The summed E-state index contributed by atoms with van der Waals surface area (Å²) >= 11 is 0. The second-order valence-corrected chi connectivity index (χ2v) is 2.62. The number of esters is 1. The number of fused-ring (bicyclic) bond motifs is 1. The van der Waals surface area contributed by atoms with Gasteiger partial charge in [0.05, 0.1) is 6.33 Å². The molecule has 0 aliphatic rings. The Morgan fingerprint density at radius 1 is 1.60 bits per heavy atom. The van der Waals surface area contributed by atoms with Gasteiger partial charge in [0.25, 0.3) is 0 Å². The first-order valence-electron chi connectivity index (χ1n) is 4.01. The van der Waals surface area contributed by atoms with Gasteiger partial charge >= 0.3 is 12.0 Å². The molecule has 0 aromatic carbocycles. The molecule has 0 aliphatic heterocycles. The van der Waals surface area contributed by atoms with E-state index in [4.69, 9.17) is 10.5 Å². The molecule has 7 heteroatoms. The zero-order valence-corrected chi connectivity index (χ0v) is 7.60. The summed E-state index contributed by atoms with van der Waals surface area (Å²) in [6.45, 7) is 3.25. The van der Waals surface area contributed by atoms with Crippen molar-refractivity contribution in [3.05, 3.63) is 19.0 Å². The summed E-state index contributed by atoms with van der Waals surface area (Å²) in [4.78, 5) is 25.1. The van der Waals surface area contributed by atoms with E-state index < -0.39 is 5.97 Å². The molecule has 15 heavy (non-hydrogen) atoms. The quantitative estimate of drug-likeness (QED) is 0.529. The number of nitrogen functional groups attached to an aromatic ring is 1. The van der Waals surface area contributed by atoms with Gasteiger partial charge in [0.1, 0.15) is 5.52 Å². The maximum atomic E-state index is 10.9. The van der Waals surface area contributed by atoms with Gasteiger partial charge in [0.2, 0.25) is 0 Å². The minimum Gasteiger partial charge on any atom is -0.387 e. The summed E-state index contributed by atoms with van der Waals surface area (Å²) in [6.07, 6.45) is 2.43. The highest BCUT2D eigenvalue weighted by molar-refractivity contribution is 5.84. The number of imidazole rings is 1. The minimum absolute atomic E-state index is 0.142. The third-order valence-corrected chi connectivity index (χ3v) is 1.65. The fraction of sp³-hybridized carbons (Fsp3) is 0. The van der Waals surface area contributed by atoms with Crippen LogP contribution in [0.5, 0.6) is 6.01 Å². The normalized spacial score (nSPS) is 10.1. The Hall–Kier alpha value is -2.44. The molecule has 76 valence electrons. The SMILES string of the molecule is C=CC(=O)Oc1nc(N)c2[nH]cnc2n1. The van der Waals surface area contributed by atoms with E-state index in [-0.39, 0.29) is 11.8 Å². The van der Waals surface area contributed by atoms with Crippen molar-refractivity contribution in [3.63, 3.8) is 0 Å². The first kappa shape index (κ1) is 9.13. The van der Waals surface area contributed by atoms with Crippen LogP contribution in [-0.2, 0) is 4.79 Å². The zero-order valence-electron chi connectivity index (χ0n) is 7.60. The number of nitrogens with one attached hydrogen (secondary N) is 1. The van der Waals surface area contributed by atoms with Gasteiger partial charge in [-0.15, -0.1) is 0 Å². The van der Waals surface area contributed by atoms with Crippen LogP contribution in [0, 0.1) is 0 Å². The van der Waals surface area contributed by atoms with Gasteiger partial charge in [-0.05, 0) is 0 Å². The topological polar surface area (TPSA) is 107 Å². The van der Waals surface area contributed by atoms with Crippen molar-refractivity contribution in [2.45, 2.75) is 0 Å². The highest BCUT2D eigenvalue weighted by Crippen LogP contribution is 2.16. The Morgan fingerprint density at radius 3 is 3.13 bits per heavy atom. The summed E-state index contributed by atoms with van der Waals surface area (Å²) in [5, 5.41) is 0. The van der Waals surface area contributed by atoms with E-state index in [0.29, 0.717) is 11.2 Å². The minimum atomic E-state index is -0.649. The predicted octanol–water partition coefficient (Wildman–Crippen LogP) is 0.0265. The van der Waals surface area contributed by atoms with Gasteiger partial charge in [-0.25, -0.2) is 9.78 Å². The van der Waals surface area contributed by atoms with E-state index in [1.165, 1.54) is 6.33 Å². The van der Waals surface area contributed by atoms with E-state index in [1.807, 2.05) is 0 Å². The second kappa shape index (κ2) is 3.37. The van der Waals surface area contributed by atoms with Gasteiger partial charge < -0.3 is 15.5 Å². The number of hydrogen-bond acceptors (Lipinski definition) is 6. The van der Waals surface area contributed by atoms with Crippen molar-refractivity contribution in [3.8, 4) is 6.01 Å². The summed E-state index contributed by atoms with van der Waals surface area (Å²) in [5.74, 6) is -0.478. The fourth-order valence-corrected chi connectivity index (χ4v) is 1.01. The van der Waals surface area contributed by atoms with Crippen molar-refractivity contribution in [1.29, 1.82) is 0 Å². The number of aromatic nitrogens is 4. The molecule has 0 bridgehead atoms. The van der Waals surface area contributed by atoms with E-state index in [9.17, 15) is 4.79 Å². The van der Waals surface area contributed by atoms with Crippen LogP contribution in [0.25, 0.3) is 11.2 Å². The Labute approximate surface area is 84.0 Å². The lowest BCUT2D eigenvalue weighted by molar-refractivity contribution is -0.129. The maximum absolute atomic E-state index is 10.9. The highest BCUT2D eigenvalue weighted by Gasteiger charge is 2.09. The summed E-state index contributed by atoms with van der Waals surface area (Å²) in [7, 11) is 0. The summed E-state index contributed by atoms with van der Waals surface area (Å²) in [5.41, 5.74) is 6.43. The molecular weight excluding hydrogens is 198 g/mol. The number of carbonyl (C=O) groups excluding carboxylic acids is 1. The van der Waals surface area contributed by atoms with Crippen LogP contribution in [0.2, 0.25) is 0 Å². The van der Waals surface area contributed by atoms with Crippen molar-refractivity contribution in [2.24, 2.45) is 0 Å². The van der Waals surface area contributed by atoms with E-state index >= 15 is 0 Å². The number of H-pyrrole nitrogens is 1. The van der Waals surface area contributed by atoms with Gasteiger partial charge in [-0.2, -0.15) is 9.97 Å². The lowest BCUT2D eigenvalue weighted by atomic mass is 10.5. The first-order valence-corrected chi connectivity index (χ1v) is 4.01. The van der Waals surface area contributed by atoms with Crippen LogP contribution in [0.3, 0.4) is 0 Å². The number of aromatic amines is 1. The number of anilines is 1. The molecule has 2 heterocycles. The summed E-state index contributed by atoms with van der Waals surface area (Å²) < 4.78 is 4.71. The van der Waals surface area contributed by atoms with Gasteiger partial charge in [0.15, 0.2) is 11.5 Å². The van der Waals surface area contributed by atoms with Crippen molar-refractivity contribution in [1.82, 2.24) is 19.9 Å². The highest BCUT2D eigenvalue weighted by atomic mass is 16.5. The average molecular weight is 205 g/mol. The Bertz CT molecular complexity index is 533. The maximum Gasteiger partial charge on any atom is 0.337 e. The van der Waals surface area contributed by atoms with Crippen LogP contribution >= 0.6 is 0 Å². The molecule has 2 rings (SSSR count). The predicted molar refractivity (Wildman–Crippen MR) is 51.9 cm³/mol. The first-order chi connectivity index (χ1) is 7.20. The fourth-order valence-electron chi connectivity index (χ4n) is 1.01. The monoisotopic (exact) mass is 205 g/mol. The van der Waals surface area contributed by atoms with E-state index in [0.717, 1.165) is 6.08 Å². The molecule has 3 N–H and O–H groups in total. The molecule has 0 saturated heterocycles.